The molecular formula is C24H27BrN2O6S. The van der Waals surface area contributed by atoms with Gasteiger partial charge in [0.2, 0.25) is 5.91 Å². The first kappa shape index (κ1) is 24.5. The Morgan fingerprint density at radius 2 is 1.97 bits per heavy atom. The van der Waals surface area contributed by atoms with Crippen LogP contribution in [-0.2, 0) is 21.2 Å². The predicted molar refractivity (Wildman–Crippen MR) is 132 cm³/mol. The summed E-state index contributed by atoms with van der Waals surface area (Å²) in [7, 11) is -2.06. The summed E-state index contributed by atoms with van der Waals surface area (Å²) in [5.41, 5.74) is 2.11. The molecule has 1 fully saturated rings. The fraction of sp³-hybridized carbons (Fsp3) is 0.417. The van der Waals surface area contributed by atoms with E-state index in [1.165, 1.54) is 12.0 Å². The van der Waals surface area contributed by atoms with Gasteiger partial charge in [0, 0.05) is 35.3 Å². The van der Waals surface area contributed by atoms with Crippen LogP contribution in [0.4, 0.5) is 5.69 Å². The maximum atomic E-state index is 13.4. The molecule has 0 aromatic heterocycles. The minimum atomic E-state index is -3.58. The Morgan fingerprint density at radius 1 is 1.24 bits per heavy atom. The number of carbonyl (C=O) groups is 2. The minimum absolute atomic E-state index is 0.00359. The lowest BCUT2D eigenvalue weighted by Gasteiger charge is -2.24. The second-order valence-electron chi connectivity index (χ2n) is 8.56. The second kappa shape index (κ2) is 9.58. The van der Waals surface area contributed by atoms with E-state index in [1.54, 1.807) is 30.3 Å². The molecule has 1 saturated carbocycles. The zero-order valence-electron chi connectivity index (χ0n) is 19.3. The van der Waals surface area contributed by atoms with Gasteiger partial charge in [-0.1, -0.05) is 22.0 Å². The molecule has 0 spiro atoms. The van der Waals surface area contributed by atoms with E-state index in [-0.39, 0.29) is 30.8 Å². The molecule has 10 heteroatoms. The normalized spacial score (nSPS) is 16.2. The molecule has 1 heterocycles. The van der Waals surface area contributed by atoms with Crippen LogP contribution in [-0.4, -0.2) is 51.6 Å². The van der Waals surface area contributed by atoms with Crippen LogP contribution in [0.1, 0.15) is 46.5 Å². The van der Waals surface area contributed by atoms with Gasteiger partial charge < -0.3 is 19.7 Å². The lowest BCUT2D eigenvalue weighted by atomic mass is 10.1. The lowest BCUT2D eigenvalue weighted by molar-refractivity contribution is -0.117. The number of ether oxygens (including phenoxy) is 2. The van der Waals surface area contributed by atoms with E-state index >= 15 is 0 Å². The van der Waals surface area contributed by atoms with Crippen molar-refractivity contribution < 1.29 is 27.5 Å². The summed E-state index contributed by atoms with van der Waals surface area (Å²) < 4.78 is 37.3. The fourth-order valence-corrected chi connectivity index (χ4v) is 5.67. The maximum Gasteiger partial charge on any atom is 0.256 e. The number of benzene rings is 2. The second-order valence-corrected chi connectivity index (χ2v) is 11.6. The zero-order valence-corrected chi connectivity index (χ0v) is 21.7. The van der Waals surface area contributed by atoms with Crippen molar-refractivity contribution in [1.82, 2.24) is 4.90 Å². The van der Waals surface area contributed by atoms with Gasteiger partial charge in [-0.25, -0.2) is 8.42 Å². The first-order valence-electron chi connectivity index (χ1n) is 11.0. The molecule has 0 bridgehead atoms. The molecule has 4 rings (SSSR count). The van der Waals surface area contributed by atoms with Crippen LogP contribution < -0.4 is 14.8 Å². The van der Waals surface area contributed by atoms with Gasteiger partial charge in [-0.05, 0) is 49.6 Å². The molecule has 182 valence electrons. The van der Waals surface area contributed by atoms with Crippen LogP contribution in [0.15, 0.2) is 34.8 Å². The number of fused-ring (bicyclic) bond motifs is 1. The SMILES string of the molecule is CCOc1cc(C(CN2Cc3c(Br)ccc(NC(=O)C4CC4)c3C2=O)S(C)(=O)=O)ccc1OC. The van der Waals surface area contributed by atoms with Crippen molar-refractivity contribution in [3.63, 3.8) is 0 Å². The van der Waals surface area contributed by atoms with Gasteiger partial charge in [0.25, 0.3) is 5.91 Å². The molecule has 1 aliphatic carbocycles. The van der Waals surface area contributed by atoms with Crippen LogP contribution in [0.2, 0.25) is 0 Å². The maximum absolute atomic E-state index is 13.4. The quantitative estimate of drug-likeness (QED) is 0.507. The highest BCUT2D eigenvalue weighted by Gasteiger charge is 2.37. The molecule has 1 aliphatic heterocycles. The first-order valence-corrected chi connectivity index (χ1v) is 13.8. The van der Waals surface area contributed by atoms with Crippen LogP contribution >= 0.6 is 15.9 Å². The number of hydrogen-bond donors (Lipinski definition) is 1. The number of anilines is 1. The van der Waals surface area contributed by atoms with E-state index < -0.39 is 15.1 Å². The highest BCUT2D eigenvalue weighted by molar-refractivity contribution is 9.10. The summed E-state index contributed by atoms with van der Waals surface area (Å²) in [5, 5.41) is 1.92. The molecule has 2 aliphatic rings. The standard InChI is InChI=1S/C24H27BrN2O6S/c1-4-33-20-11-15(7-10-19(20)32-2)21(34(3,30)31)13-27-12-16-17(25)8-9-18(22(16)24(27)29)26-23(28)14-5-6-14/h7-11,14,21H,4-6,12-13H2,1-3H3,(H,26,28). The average Bonchev–Trinajstić information content (AvgIpc) is 3.58. The van der Waals surface area contributed by atoms with Crippen LogP contribution in [0.25, 0.3) is 0 Å². The number of carbonyl (C=O) groups excluding carboxylic acids is 2. The van der Waals surface area contributed by atoms with E-state index in [0.717, 1.165) is 29.1 Å². The number of nitrogens with one attached hydrogen (secondary N) is 1. The summed E-state index contributed by atoms with van der Waals surface area (Å²) in [5.74, 6) is 0.541. The summed E-state index contributed by atoms with van der Waals surface area (Å²) in [6, 6.07) is 8.50. The van der Waals surface area contributed by atoms with Crippen LogP contribution in [0, 0.1) is 5.92 Å². The molecular weight excluding hydrogens is 524 g/mol. The third-order valence-corrected chi connectivity index (χ3v) is 8.27. The minimum Gasteiger partial charge on any atom is -0.493 e. The van der Waals surface area contributed by atoms with E-state index in [1.807, 2.05) is 6.92 Å². The highest BCUT2D eigenvalue weighted by Crippen LogP contribution is 2.39. The zero-order chi connectivity index (χ0) is 24.6. The molecule has 2 aromatic carbocycles. The Balaban J connectivity index is 1.64. The third-order valence-electron chi connectivity index (χ3n) is 6.07. The van der Waals surface area contributed by atoms with Gasteiger partial charge in [0.1, 0.15) is 5.25 Å². The number of sulfone groups is 1. The van der Waals surface area contributed by atoms with Crippen molar-refractivity contribution in [3.8, 4) is 11.5 Å². The molecule has 2 aromatic rings. The molecule has 1 N–H and O–H groups in total. The number of methoxy groups -OCH3 is 1. The van der Waals surface area contributed by atoms with E-state index in [0.29, 0.717) is 34.9 Å². The van der Waals surface area contributed by atoms with Gasteiger partial charge in [-0.15, -0.1) is 0 Å². The van der Waals surface area contributed by atoms with Crippen molar-refractivity contribution in [3.05, 3.63) is 51.5 Å². The monoisotopic (exact) mass is 550 g/mol. The number of halogens is 1. The van der Waals surface area contributed by atoms with Crippen LogP contribution in [0.5, 0.6) is 11.5 Å². The third kappa shape index (κ3) is 4.93. The van der Waals surface area contributed by atoms with E-state index in [9.17, 15) is 18.0 Å². The molecule has 0 saturated heterocycles. The van der Waals surface area contributed by atoms with Crippen molar-refractivity contribution in [1.29, 1.82) is 0 Å². The van der Waals surface area contributed by atoms with E-state index in [2.05, 4.69) is 21.2 Å². The molecule has 1 atom stereocenters. The number of amides is 2. The van der Waals surface area contributed by atoms with Crippen molar-refractivity contribution in [2.75, 3.05) is 31.8 Å². The number of rotatable bonds is 9. The van der Waals surface area contributed by atoms with Gasteiger partial charge in [-0.3, -0.25) is 9.59 Å². The molecule has 34 heavy (non-hydrogen) atoms. The lowest BCUT2D eigenvalue weighted by Crippen LogP contribution is -2.32. The smallest absolute Gasteiger partial charge is 0.256 e. The number of hydrogen-bond acceptors (Lipinski definition) is 6. The summed E-state index contributed by atoms with van der Waals surface area (Å²) in [6.45, 7) is 2.43. The Hall–Kier alpha value is -2.59. The van der Waals surface area contributed by atoms with Crippen molar-refractivity contribution in [2.45, 2.75) is 31.6 Å². The topological polar surface area (TPSA) is 102 Å². The first-order chi connectivity index (χ1) is 16.1. The van der Waals surface area contributed by atoms with Crippen LogP contribution in [0.3, 0.4) is 0 Å². The molecule has 8 nitrogen and oxygen atoms in total. The van der Waals surface area contributed by atoms with Gasteiger partial charge >= 0.3 is 0 Å². The fourth-order valence-electron chi connectivity index (χ4n) is 4.12. The van der Waals surface area contributed by atoms with Crippen molar-refractivity contribution >= 4 is 43.3 Å². The molecule has 0 radical (unpaired) electrons. The average molecular weight is 551 g/mol. The number of nitrogens with zero attached hydrogens (tertiary/aromatic N) is 1. The Kier molecular flexibility index (Phi) is 6.91. The van der Waals surface area contributed by atoms with Gasteiger partial charge in [0.15, 0.2) is 21.3 Å². The highest BCUT2D eigenvalue weighted by atomic mass is 79.9. The summed E-state index contributed by atoms with van der Waals surface area (Å²) >= 11 is 3.50. The van der Waals surface area contributed by atoms with Crippen molar-refractivity contribution in [2.24, 2.45) is 5.92 Å². The molecule has 1 unspecified atom stereocenters. The Morgan fingerprint density at radius 3 is 2.59 bits per heavy atom. The summed E-state index contributed by atoms with van der Waals surface area (Å²) in [4.78, 5) is 27.3. The Bertz CT molecular complexity index is 1240. The van der Waals surface area contributed by atoms with Gasteiger partial charge in [-0.2, -0.15) is 0 Å². The van der Waals surface area contributed by atoms with Gasteiger partial charge in [0.05, 0.1) is 25.0 Å². The molecule has 2 amide bonds. The largest absolute Gasteiger partial charge is 0.493 e. The predicted octanol–water partition coefficient (Wildman–Crippen LogP) is 3.95. The summed E-state index contributed by atoms with van der Waals surface area (Å²) in [6.07, 6.45) is 2.87. The Labute approximate surface area is 207 Å². The van der Waals surface area contributed by atoms with E-state index in [4.69, 9.17) is 9.47 Å².